The summed E-state index contributed by atoms with van der Waals surface area (Å²) in [4.78, 5) is 19.4. The molecule has 5 heteroatoms. The van der Waals surface area contributed by atoms with Crippen molar-refractivity contribution in [3.8, 4) is 0 Å². The van der Waals surface area contributed by atoms with Gasteiger partial charge >= 0.3 is 0 Å². The Hall–Kier alpha value is -1.46. The van der Waals surface area contributed by atoms with Crippen molar-refractivity contribution in [3.63, 3.8) is 0 Å². The average molecular weight is 333 g/mol. The number of piperazine rings is 1. The van der Waals surface area contributed by atoms with E-state index in [1.165, 1.54) is 12.1 Å². The minimum absolute atomic E-state index is 0.0291. The molecule has 2 saturated heterocycles. The van der Waals surface area contributed by atoms with Crippen LogP contribution in [0.2, 0.25) is 0 Å². The molecule has 2 aliphatic rings. The number of carbonyl (C=O) groups is 1. The molecule has 1 aromatic carbocycles. The van der Waals surface area contributed by atoms with Crippen LogP contribution in [0.5, 0.6) is 0 Å². The number of rotatable bonds is 3. The van der Waals surface area contributed by atoms with Gasteiger partial charge in [0.2, 0.25) is 0 Å². The Bertz CT molecular complexity index is 554. The van der Waals surface area contributed by atoms with E-state index in [2.05, 4.69) is 23.8 Å². The number of hydrogen-bond donors (Lipinski definition) is 0. The molecule has 0 spiro atoms. The van der Waals surface area contributed by atoms with E-state index in [9.17, 15) is 9.18 Å². The molecule has 0 N–H and O–H groups in total. The molecule has 0 aliphatic carbocycles. The van der Waals surface area contributed by atoms with Crippen LogP contribution >= 0.6 is 0 Å². The van der Waals surface area contributed by atoms with Crippen LogP contribution in [0, 0.1) is 11.7 Å². The largest absolute Gasteiger partial charge is 0.339 e. The van der Waals surface area contributed by atoms with Crippen molar-refractivity contribution in [2.75, 3.05) is 46.3 Å². The van der Waals surface area contributed by atoms with Gasteiger partial charge in [-0.25, -0.2) is 4.39 Å². The summed E-state index contributed by atoms with van der Waals surface area (Å²) in [7, 11) is 2.19. The maximum absolute atomic E-state index is 13.0. The Kier molecular flexibility index (Phi) is 5.51. The van der Waals surface area contributed by atoms with Gasteiger partial charge in [0.15, 0.2) is 0 Å². The third-order valence-electron chi connectivity index (χ3n) is 5.45. The molecular weight excluding hydrogens is 305 g/mol. The molecule has 24 heavy (non-hydrogen) atoms. The lowest BCUT2D eigenvalue weighted by Gasteiger charge is -2.41. The molecule has 2 heterocycles. The molecular formula is C19H28FN3O. The topological polar surface area (TPSA) is 26.8 Å². The maximum atomic E-state index is 13.0. The molecule has 3 rings (SSSR count). The Morgan fingerprint density at radius 2 is 1.79 bits per heavy atom. The highest BCUT2D eigenvalue weighted by atomic mass is 19.1. The fourth-order valence-corrected chi connectivity index (χ4v) is 3.87. The summed E-state index contributed by atoms with van der Waals surface area (Å²) < 4.78 is 13.0. The van der Waals surface area contributed by atoms with Crippen molar-refractivity contribution in [3.05, 3.63) is 35.6 Å². The Morgan fingerprint density at radius 3 is 2.42 bits per heavy atom. The number of benzene rings is 1. The van der Waals surface area contributed by atoms with Crippen LogP contribution in [0.15, 0.2) is 24.3 Å². The van der Waals surface area contributed by atoms with E-state index in [0.717, 1.165) is 52.1 Å². The predicted octanol–water partition coefficient (Wildman–Crippen LogP) is 2.31. The lowest BCUT2D eigenvalue weighted by Crippen LogP contribution is -2.52. The third kappa shape index (κ3) is 4.14. The molecule has 4 nitrogen and oxygen atoms in total. The molecule has 1 aromatic rings. The first-order valence-corrected chi connectivity index (χ1v) is 9.00. The number of likely N-dealkylation sites (tertiary alicyclic amines) is 1. The summed E-state index contributed by atoms with van der Waals surface area (Å²) in [5.41, 5.74) is 0.586. The Balaban J connectivity index is 1.49. The van der Waals surface area contributed by atoms with Crippen LogP contribution in [0.3, 0.4) is 0 Å². The number of carbonyl (C=O) groups excluding carboxylic acids is 1. The lowest BCUT2D eigenvalue weighted by molar-refractivity contribution is 0.0556. The molecule has 0 saturated carbocycles. The number of likely N-dealkylation sites (N-methyl/N-ethyl adjacent to an activating group) is 1. The van der Waals surface area contributed by atoms with Crippen LogP contribution in [-0.4, -0.2) is 73.0 Å². The van der Waals surface area contributed by atoms with E-state index >= 15 is 0 Å². The smallest absolute Gasteiger partial charge is 0.253 e. The second kappa shape index (κ2) is 7.62. The summed E-state index contributed by atoms with van der Waals surface area (Å²) in [6.45, 7) is 8.50. The van der Waals surface area contributed by atoms with E-state index in [-0.39, 0.29) is 11.7 Å². The van der Waals surface area contributed by atoms with Crippen LogP contribution < -0.4 is 0 Å². The van der Waals surface area contributed by atoms with E-state index in [1.807, 2.05) is 4.90 Å². The van der Waals surface area contributed by atoms with Crippen molar-refractivity contribution in [2.24, 2.45) is 5.92 Å². The van der Waals surface area contributed by atoms with Crippen molar-refractivity contribution >= 4 is 5.91 Å². The van der Waals surface area contributed by atoms with E-state index in [0.29, 0.717) is 17.5 Å². The van der Waals surface area contributed by atoms with Crippen molar-refractivity contribution < 1.29 is 9.18 Å². The van der Waals surface area contributed by atoms with E-state index in [4.69, 9.17) is 0 Å². The van der Waals surface area contributed by atoms with Crippen LogP contribution in [0.1, 0.15) is 30.1 Å². The van der Waals surface area contributed by atoms with Gasteiger partial charge in [-0.1, -0.05) is 0 Å². The number of halogens is 1. The fraction of sp³-hybridized carbons (Fsp3) is 0.632. The molecule has 1 amide bonds. The monoisotopic (exact) mass is 333 g/mol. The highest BCUT2D eigenvalue weighted by molar-refractivity contribution is 5.94. The lowest BCUT2D eigenvalue weighted by atomic mass is 9.94. The minimum Gasteiger partial charge on any atom is -0.339 e. The summed E-state index contributed by atoms with van der Waals surface area (Å²) in [5, 5.41) is 0. The first kappa shape index (κ1) is 17.4. The zero-order chi connectivity index (χ0) is 17.1. The Labute approximate surface area is 144 Å². The predicted molar refractivity (Wildman–Crippen MR) is 93.6 cm³/mol. The summed E-state index contributed by atoms with van der Waals surface area (Å²) >= 11 is 0. The SMILES string of the molecule is C[C@@H]1CN(C)CCN1CC1CCN(C(=O)c2ccc(F)cc2)CC1. The quantitative estimate of drug-likeness (QED) is 0.849. The number of piperidine rings is 1. The summed E-state index contributed by atoms with van der Waals surface area (Å²) in [5.74, 6) is 0.404. The van der Waals surface area contributed by atoms with Gasteiger partial charge in [-0.2, -0.15) is 0 Å². The zero-order valence-electron chi connectivity index (χ0n) is 14.7. The Morgan fingerprint density at radius 1 is 1.12 bits per heavy atom. The molecule has 2 fully saturated rings. The van der Waals surface area contributed by atoms with Crippen LogP contribution in [-0.2, 0) is 0 Å². The van der Waals surface area contributed by atoms with Gasteiger partial charge in [0.05, 0.1) is 0 Å². The zero-order valence-corrected chi connectivity index (χ0v) is 14.7. The first-order chi connectivity index (χ1) is 11.5. The number of hydrogen-bond acceptors (Lipinski definition) is 3. The normalized spacial score (nSPS) is 24.3. The second-order valence-corrected chi connectivity index (χ2v) is 7.35. The first-order valence-electron chi connectivity index (χ1n) is 9.00. The standard InChI is InChI=1S/C19H28FN3O/c1-15-13-21(2)11-12-23(15)14-16-7-9-22(10-8-16)19(24)17-3-5-18(20)6-4-17/h3-6,15-16H,7-14H2,1-2H3/t15-/m1/s1. The van der Waals surface area contributed by atoms with Crippen molar-refractivity contribution in [1.82, 2.24) is 14.7 Å². The van der Waals surface area contributed by atoms with E-state index < -0.39 is 0 Å². The van der Waals surface area contributed by atoms with Gasteiger partial charge in [0.25, 0.3) is 5.91 Å². The van der Waals surface area contributed by atoms with Gasteiger partial charge in [0.1, 0.15) is 5.82 Å². The van der Waals surface area contributed by atoms with Crippen molar-refractivity contribution in [1.29, 1.82) is 0 Å². The maximum Gasteiger partial charge on any atom is 0.253 e. The second-order valence-electron chi connectivity index (χ2n) is 7.35. The molecule has 0 radical (unpaired) electrons. The van der Waals surface area contributed by atoms with Crippen molar-refractivity contribution in [2.45, 2.75) is 25.8 Å². The third-order valence-corrected chi connectivity index (χ3v) is 5.45. The molecule has 0 aromatic heterocycles. The van der Waals surface area contributed by atoms with Gasteiger partial charge in [-0.3, -0.25) is 9.69 Å². The number of nitrogens with zero attached hydrogens (tertiary/aromatic N) is 3. The molecule has 132 valence electrons. The van der Waals surface area contributed by atoms with Gasteiger partial charge in [-0.05, 0) is 57.0 Å². The van der Waals surface area contributed by atoms with Gasteiger partial charge in [-0.15, -0.1) is 0 Å². The van der Waals surface area contributed by atoms with Gasteiger partial charge in [0, 0.05) is 50.9 Å². The highest BCUT2D eigenvalue weighted by Gasteiger charge is 2.28. The highest BCUT2D eigenvalue weighted by Crippen LogP contribution is 2.22. The van der Waals surface area contributed by atoms with Crippen LogP contribution in [0.25, 0.3) is 0 Å². The molecule has 1 atom stereocenters. The summed E-state index contributed by atoms with van der Waals surface area (Å²) in [6.07, 6.45) is 2.12. The fourth-order valence-electron chi connectivity index (χ4n) is 3.87. The summed E-state index contributed by atoms with van der Waals surface area (Å²) in [6, 6.07) is 6.48. The average Bonchev–Trinajstić information content (AvgIpc) is 2.58. The van der Waals surface area contributed by atoms with Gasteiger partial charge < -0.3 is 9.80 Å². The molecule has 2 aliphatic heterocycles. The molecule has 0 bridgehead atoms. The number of amides is 1. The molecule has 0 unspecified atom stereocenters. The van der Waals surface area contributed by atoms with E-state index in [1.54, 1.807) is 12.1 Å². The minimum atomic E-state index is -0.299. The van der Waals surface area contributed by atoms with Crippen LogP contribution in [0.4, 0.5) is 4.39 Å².